The third-order valence-corrected chi connectivity index (χ3v) is 6.54. The first-order valence-corrected chi connectivity index (χ1v) is 11.6. The Labute approximate surface area is 231 Å². The molecule has 0 fully saturated rings. The molecule has 5 rings (SSSR count). The molecular formula is C36H16N4. The third kappa shape index (κ3) is 3.54. The predicted molar refractivity (Wildman–Crippen MR) is 159 cm³/mol. The van der Waals surface area contributed by atoms with Crippen LogP contribution in [0.3, 0.4) is 0 Å². The average molecular weight is 505 g/mol. The molecule has 4 N–H and O–H groups in total. The summed E-state index contributed by atoms with van der Waals surface area (Å²) >= 11 is 0. The number of nitrogens with one attached hydrogen (secondary N) is 4. The SMILES string of the molecule is C#Cc1c2[nH]c(c1C#C)C=c1[nH]c(c(C#C)c1C#C)=Cc1[nH]c(c(C#C)c1C#C)C=c1[nH]c(c(C#C)c1C#C)=C2. The Hall–Kier alpha value is -6.92. The second-order valence-corrected chi connectivity index (χ2v) is 8.54. The second-order valence-electron chi connectivity index (χ2n) is 8.54. The van der Waals surface area contributed by atoms with Crippen LogP contribution in [0.2, 0.25) is 0 Å². The zero-order chi connectivity index (χ0) is 28.6. The van der Waals surface area contributed by atoms with E-state index in [4.69, 9.17) is 51.4 Å². The summed E-state index contributed by atoms with van der Waals surface area (Å²) in [5.74, 6) is 21.4. The number of H-pyrrole nitrogens is 4. The monoisotopic (exact) mass is 504 g/mol. The molecular weight excluding hydrogens is 488 g/mol. The van der Waals surface area contributed by atoms with Gasteiger partial charge in [-0.15, -0.1) is 51.4 Å². The molecule has 4 heteroatoms. The van der Waals surface area contributed by atoms with Crippen LogP contribution in [0.4, 0.5) is 0 Å². The van der Waals surface area contributed by atoms with Crippen LogP contribution in [-0.4, -0.2) is 19.9 Å². The van der Waals surface area contributed by atoms with Crippen molar-refractivity contribution in [1.82, 2.24) is 19.9 Å². The zero-order valence-electron chi connectivity index (χ0n) is 20.9. The van der Waals surface area contributed by atoms with Crippen molar-refractivity contribution < 1.29 is 0 Å². The predicted octanol–water partition coefficient (Wildman–Crippen LogP) is 0.478. The van der Waals surface area contributed by atoms with E-state index in [1.807, 2.05) is 0 Å². The molecule has 1 aliphatic heterocycles. The van der Waals surface area contributed by atoms with Crippen molar-refractivity contribution in [3.05, 3.63) is 88.7 Å². The first-order chi connectivity index (χ1) is 19.5. The number of aromatic amines is 4. The van der Waals surface area contributed by atoms with Crippen molar-refractivity contribution in [2.75, 3.05) is 0 Å². The average Bonchev–Trinajstić information content (AvgIpc) is 3.67. The fourth-order valence-electron chi connectivity index (χ4n) is 4.80. The Balaban J connectivity index is 2.09. The lowest BCUT2D eigenvalue weighted by Crippen LogP contribution is -2.13. The molecule has 4 aromatic heterocycles. The summed E-state index contributed by atoms with van der Waals surface area (Å²) in [7, 11) is 0. The highest BCUT2D eigenvalue weighted by Gasteiger charge is 2.17. The standard InChI is InChI=1S/C36H16N4/c1-9-21-22(10-2)30-18-32-25(13-5)26(14-6)34(39-32)20-36-28(16-8)27(15-7)35(40-36)19-33-24(12-4)23(11-3)31(38-33)17-29(21)37-30/h1-8,17-20,37-40H. The van der Waals surface area contributed by atoms with Crippen LogP contribution in [0.15, 0.2) is 0 Å². The van der Waals surface area contributed by atoms with Crippen molar-refractivity contribution in [2.45, 2.75) is 0 Å². The third-order valence-electron chi connectivity index (χ3n) is 6.54. The maximum absolute atomic E-state index is 5.89. The van der Waals surface area contributed by atoms with Crippen LogP contribution in [0, 0.1) is 98.8 Å². The normalized spacial score (nSPS) is 10.6. The van der Waals surface area contributed by atoms with E-state index in [0.29, 0.717) is 88.7 Å². The summed E-state index contributed by atoms with van der Waals surface area (Å²) in [4.78, 5) is 13.2. The van der Waals surface area contributed by atoms with E-state index in [0.717, 1.165) is 0 Å². The van der Waals surface area contributed by atoms with Gasteiger partial charge in [0.1, 0.15) is 0 Å². The topological polar surface area (TPSA) is 63.2 Å². The molecule has 0 aromatic carbocycles. The lowest BCUT2D eigenvalue weighted by atomic mass is 10.1. The van der Waals surface area contributed by atoms with Crippen molar-refractivity contribution in [1.29, 1.82) is 0 Å². The van der Waals surface area contributed by atoms with Gasteiger partial charge in [0.25, 0.3) is 0 Å². The van der Waals surface area contributed by atoms with Gasteiger partial charge >= 0.3 is 0 Å². The van der Waals surface area contributed by atoms with Crippen molar-refractivity contribution in [3.63, 3.8) is 0 Å². The molecule has 40 heavy (non-hydrogen) atoms. The zero-order valence-corrected chi connectivity index (χ0v) is 20.9. The minimum Gasteiger partial charge on any atom is -0.353 e. The summed E-state index contributed by atoms with van der Waals surface area (Å²) in [6, 6.07) is 0. The van der Waals surface area contributed by atoms with Crippen LogP contribution in [0.1, 0.15) is 67.3 Å². The van der Waals surface area contributed by atoms with E-state index >= 15 is 0 Å². The fourth-order valence-corrected chi connectivity index (χ4v) is 4.80. The van der Waals surface area contributed by atoms with E-state index in [9.17, 15) is 0 Å². The van der Waals surface area contributed by atoms with Crippen molar-refractivity contribution >= 4 is 24.3 Å². The molecule has 0 saturated carbocycles. The Morgan fingerprint density at radius 3 is 0.675 bits per heavy atom. The maximum atomic E-state index is 5.89. The van der Waals surface area contributed by atoms with Gasteiger partial charge < -0.3 is 19.9 Å². The quantitative estimate of drug-likeness (QED) is 0.222. The number of aromatic nitrogens is 4. The molecule has 0 unspecified atom stereocenters. The maximum Gasteiger partial charge on any atom is 0.0656 e. The Morgan fingerprint density at radius 2 is 0.500 bits per heavy atom. The van der Waals surface area contributed by atoms with Crippen LogP contribution in [-0.2, 0) is 0 Å². The molecule has 0 saturated heterocycles. The molecule has 1 aliphatic rings. The van der Waals surface area contributed by atoms with E-state index in [-0.39, 0.29) is 0 Å². The van der Waals surface area contributed by atoms with E-state index < -0.39 is 0 Å². The van der Waals surface area contributed by atoms with Gasteiger partial charge in [0.05, 0.1) is 88.7 Å². The fraction of sp³-hybridized carbons (Fsp3) is 0. The van der Waals surface area contributed by atoms with Gasteiger partial charge in [-0.1, -0.05) is 47.4 Å². The number of hydrogen-bond donors (Lipinski definition) is 4. The van der Waals surface area contributed by atoms with Gasteiger partial charge in [0.15, 0.2) is 0 Å². The highest BCUT2D eigenvalue weighted by molar-refractivity contribution is 5.74. The molecule has 4 nitrogen and oxygen atoms in total. The molecule has 0 spiro atoms. The second kappa shape index (κ2) is 9.51. The number of hydrogen-bond acceptors (Lipinski definition) is 0. The first-order valence-electron chi connectivity index (χ1n) is 11.6. The molecule has 180 valence electrons. The summed E-state index contributed by atoms with van der Waals surface area (Å²) in [5.41, 5.74) is 5.86. The number of rotatable bonds is 0. The van der Waals surface area contributed by atoms with Crippen LogP contribution in [0.25, 0.3) is 24.3 Å². The van der Waals surface area contributed by atoms with Gasteiger partial charge in [0.2, 0.25) is 0 Å². The summed E-state index contributed by atoms with van der Waals surface area (Å²) in [5, 5.41) is 2.17. The van der Waals surface area contributed by atoms with Gasteiger partial charge in [-0.2, -0.15) is 0 Å². The molecule has 0 radical (unpaired) electrons. The van der Waals surface area contributed by atoms with Gasteiger partial charge in [0, 0.05) is 0 Å². The van der Waals surface area contributed by atoms with Crippen molar-refractivity contribution in [2.24, 2.45) is 0 Å². The Bertz CT molecular complexity index is 2060. The lowest BCUT2D eigenvalue weighted by molar-refractivity contribution is 1.22. The largest absolute Gasteiger partial charge is 0.353 e. The smallest absolute Gasteiger partial charge is 0.0656 e. The molecule has 0 amide bonds. The summed E-state index contributed by atoms with van der Waals surface area (Å²) in [6.07, 6.45) is 54.1. The van der Waals surface area contributed by atoms with E-state index in [2.05, 4.69) is 67.3 Å². The summed E-state index contributed by atoms with van der Waals surface area (Å²) in [6.45, 7) is 0. The molecule has 0 aliphatic carbocycles. The van der Waals surface area contributed by atoms with Gasteiger partial charge in [-0.25, -0.2) is 0 Å². The van der Waals surface area contributed by atoms with Crippen LogP contribution in [0.5, 0.6) is 0 Å². The minimum atomic E-state index is 0.461. The molecule has 8 bridgehead atoms. The highest BCUT2D eigenvalue weighted by atomic mass is 14.8. The molecule has 4 aromatic rings. The summed E-state index contributed by atoms with van der Waals surface area (Å²) < 4.78 is 0. The first kappa shape index (κ1) is 24.8. The number of fused-ring (bicyclic) bond motifs is 8. The lowest BCUT2D eigenvalue weighted by Gasteiger charge is -1.91. The van der Waals surface area contributed by atoms with Gasteiger partial charge in [-0.3, -0.25) is 0 Å². The Morgan fingerprint density at radius 1 is 0.300 bits per heavy atom. The minimum absolute atomic E-state index is 0.461. The van der Waals surface area contributed by atoms with E-state index in [1.54, 1.807) is 24.3 Å². The number of terminal acetylenes is 8. The molecule has 5 heterocycles. The van der Waals surface area contributed by atoms with E-state index in [1.165, 1.54) is 0 Å². The highest BCUT2D eigenvalue weighted by Crippen LogP contribution is 2.21. The van der Waals surface area contributed by atoms with Crippen molar-refractivity contribution in [3.8, 4) is 98.8 Å². The molecule has 0 atom stereocenters. The van der Waals surface area contributed by atoms with Crippen LogP contribution >= 0.6 is 0 Å². The Kier molecular flexibility index (Phi) is 5.89. The van der Waals surface area contributed by atoms with Crippen LogP contribution < -0.4 is 21.4 Å². The van der Waals surface area contributed by atoms with Gasteiger partial charge in [-0.05, 0) is 24.3 Å².